The van der Waals surface area contributed by atoms with Gasteiger partial charge in [0, 0.05) is 29.7 Å². The number of amides is 1. The number of aryl methyl sites for hydroxylation is 2. The Morgan fingerprint density at radius 1 is 1.28 bits per heavy atom. The van der Waals surface area contributed by atoms with E-state index in [2.05, 4.69) is 22.1 Å². The van der Waals surface area contributed by atoms with Gasteiger partial charge in [-0.15, -0.1) is 11.3 Å². The first kappa shape index (κ1) is 18.5. The van der Waals surface area contributed by atoms with Crippen LogP contribution in [0.25, 0.3) is 10.2 Å². The maximum atomic E-state index is 13.3. The maximum Gasteiger partial charge on any atom is 0.262 e. The molecule has 1 aliphatic heterocycles. The summed E-state index contributed by atoms with van der Waals surface area (Å²) in [6.45, 7) is 5.41. The van der Waals surface area contributed by atoms with Gasteiger partial charge < -0.3 is 4.90 Å². The predicted octanol–water partition coefficient (Wildman–Crippen LogP) is 3.09. The Kier molecular flexibility index (Phi) is 4.53. The first-order chi connectivity index (χ1) is 14.0. The highest BCUT2D eigenvalue weighted by Crippen LogP contribution is 2.36. The predicted molar refractivity (Wildman–Crippen MR) is 113 cm³/mol. The third kappa shape index (κ3) is 3.10. The van der Waals surface area contributed by atoms with Gasteiger partial charge in [-0.3, -0.25) is 19.3 Å². The molecular formula is C21H25N5O2S. The number of hydrogen-bond acceptors (Lipinski definition) is 5. The highest BCUT2D eigenvalue weighted by molar-refractivity contribution is 7.18. The van der Waals surface area contributed by atoms with Crippen molar-refractivity contribution in [2.75, 3.05) is 13.1 Å². The number of carbonyl (C=O) groups is 1. The number of rotatable bonds is 2. The standard InChI is InChI=1S/C21H25N5O2S/c1-12-3-4-15-17(9-12)29-19-18(15)21(28)26(11-22-19)14-5-7-25(8-6-14)20(27)16-10-23-24-13(16)2/h10-12,14H,3-9H2,1-2H3,(H,23,24)/t12-/m1/s1. The van der Waals surface area contributed by atoms with Crippen molar-refractivity contribution in [3.05, 3.63) is 44.6 Å². The van der Waals surface area contributed by atoms with E-state index in [-0.39, 0.29) is 17.5 Å². The maximum absolute atomic E-state index is 13.3. The second kappa shape index (κ2) is 7.09. The fourth-order valence-electron chi connectivity index (χ4n) is 4.69. The van der Waals surface area contributed by atoms with Gasteiger partial charge >= 0.3 is 0 Å². The van der Waals surface area contributed by atoms with Crippen molar-refractivity contribution in [3.63, 3.8) is 0 Å². The molecule has 1 amide bonds. The molecule has 2 aliphatic rings. The van der Waals surface area contributed by atoms with E-state index >= 15 is 0 Å². The van der Waals surface area contributed by atoms with Crippen LogP contribution in [0.4, 0.5) is 0 Å². The van der Waals surface area contributed by atoms with Crippen molar-refractivity contribution >= 4 is 27.5 Å². The summed E-state index contributed by atoms with van der Waals surface area (Å²) in [4.78, 5) is 34.8. The third-order valence-corrected chi connectivity index (χ3v) is 7.61. The highest BCUT2D eigenvalue weighted by Gasteiger charge is 2.28. The summed E-state index contributed by atoms with van der Waals surface area (Å²) in [5.41, 5.74) is 2.75. The number of aromatic nitrogens is 4. The lowest BCUT2D eigenvalue weighted by Gasteiger charge is -2.32. The van der Waals surface area contributed by atoms with Crippen LogP contribution in [0.5, 0.6) is 0 Å². The lowest BCUT2D eigenvalue weighted by atomic mass is 9.89. The Hall–Kier alpha value is -2.48. The molecular weight excluding hydrogens is 386 g/mol. The molecule has 0 saturated carbocycles. The van der Waals surface area contributed by atoms with E-state index in [1.807, 2.05) is 16.4 Å². The third-order valence-electron chi connectivity index (χ3n) is 6.45. The van der Waals surface area contributed by atoms with Crippen LogP contribution in [0.15, 0.2) is 17.3 Å². The van der Waals surface area contributed by atoms with Crippen molar-refractivity contribution in [3.8, 4) is 0 Å². The number of nitrogens with one attached hydrogen (secondary N) is 1. The fraction of sp³-hybridized carbons (Fsp3) is 0.524. The summed E-state index contributed by atoms with van der Waals surface area (Å²) in [6.07, 6.45) is 8.02. The number of H-pyrrole nitrogens is 1. The molecule has 1 atom stereocenters. The molecule has 0 radical (unpaired) electrons. The van der Waals surface area contributed by atoms with E-state index < -0.39 is 0 Å². The van der Waals surface area contributed by atoms with E-state index in [1.165, 1.54) is 10.4 Å². The molecule has 1 fully saturated rings. The summed E-state index contributed by atoms with van der Waals surface area (Å²) in [5, 5.41) is 7.61. The molecule has 1 aliphatic carbocycles. The van der Waals surface area contributed by atoms with Gasteiger partial charge in [0.1, 0.15) is 4.83 Å². The van der Waals surface area contributed by atoms with Gasteiger partial charge in [0.25, 0.3) is 11.5 Å². The minimum atomic E-state index is 0.0108. The van der Waals surface area contributed by atoms with Crippen LogP contribution in [0.2, 0.25) is 0 Å². The molecule has 0 bridgehead atoms. The molecule has 7 nitrogen and oxygen atoms in total. The lowest BCUT2D eigenvalue weighted by molar-refractivity contribution is 0.0692. The normalized spacial score (nSPS) is 20.2. The van der Waals surface area contributed by atoms with Gasteiger partial charge in [-0.1, -0.05) is 6.92 Å². The number of piperidine rings is 1. The molecule has 1 N–H and O–H groups in total. The summed E-state index contributed by atoms with van der Waals surface area (Å²) in [6, 6.07) is 0.0898. The lowest BCUT2D eigenvalue weighted by Crippen LogP contribution is -2.41. The summed E-state index contributed by atoms with van der Waals surface area (Å²) in [5.74, 6) is 0.690. The number of thiophene rings is 1. The van der Waals surface area contributed by atoms with E-state index in [0.29, 0.717) is 24.6 Å². The second-order valence-corrected chi connectivity index (χ2v) is 9.50. The van der Waals surface area contributed by atoms with Crippen LogP contribution in [0.1, 0.15) is 58.7 Å². The van der Waals surface area contributed by atoms with Crippen molar-refractivity contribution in [1.82, 2.24) is 24.6 Å². The Morgan fingerprint density at radius 3 is 2.79 bits per heavy atom. The zero-order valence-corrected chi connectivity index (χ0v) is 17.6. The summed E-state index contributed by atoms with van der Waals surface area (Å²) >= 11 is 1.69. The Labute approximate surface area is 172 Å². The number of fused-ring (bicyclic) bond motifs is 3. The Morgan fingerprint density at radius 2 is 2.07 bits per heavy atom. The van der Waals surface area contributed by atoms with Crippen molar-refractivity contribution in [1.29, 1.82) is 0 Å². The van der Waals surface area contributed by atoms with E-state index in [1.54, 1.807) is 23.9 Å². The smallest absolute Gasteiger partial charge is 0.262 e. The molecule has 5 rings (SSSR count). The number of likely N-dealkylation sites (tertiary alicyclic amines) is 1. The van der Waals surface area contributed by atoms with Gasteiger partial charge in [-0.2, -0.15) is 5.10 Å². The Bertz CT molecular complexity index is 1140. The van der Waals surface area contributed by atoms with E-state index in [4.69, 9.17) is 0 Å². The SMILES string of the molecule is Cc1[nH]ncc1C(=O)N1CCC(n2cnc3sc4c(c3c2=O)CC[C@@H](C)C4)CC1. The minimum absolute atomic E-state index is 0.0108. The van der Waals surface area contributed by atoms with E-state index in [0.717, 1.165) is 48.0 Å². The minimum Gasteiger partial charge on any atom is -0.338 e. The van der Waals surface area contributed by atoms with Crippen LogP contribution < -0.4 is 5.56 Å². The molecule has 0 unspecified atom stereocenters. The average Bonchev–Trinajstić information content (AvgIpc) is 3.31. The topological polar surface area (TPSA) is 83.9 Å². The van der Waals surface area contributed by atoms with Crippen molar-refractivity contribution in [2.45, 2.75) is 52.0 Å². The molecule has 29 heavy (non-hydrogen) atoms. The molecule has 8 heteroatoms. The molecule has 3 aromatic rings. The molecule has 0 spiro atoms. The summed E-state index contributed by atoms with van der Waals surface area (Å²) < 4.78 is 1.82. The van der Waals surface area contributed by atoms with Crippen LogP contribution in [0, 0.1) is 12.8 Å². The molecule has 3 aromatic heterocycles. The second-order valence-electron chi connectivity index (χ2n) is 8.42. The molecule has 152 valence electrons. The van der Waals surface area contributed by atoms with Gasteiger partial charge in [-0.05, 0) is 50.5 Å². The number of nitrogens with zero attached hydrogens (tertiary/aromatic N) is 4. The van der Waals surface area contributed by atoms with Gasteiger partial charge in [-0.25, -0.2) is 4.98 Å². The van der Waals surface area contributed by atoms with Crippen molar-refractivity contribution < 1.29 is 4.79 Å². The zero-order chi connectivity index (χ0) is 20.1. The number of aromatic amines is 1. The van der Waals surface area contributed by atoms with Crippen molar-refractivity contribution in [2.24, 2.45) is 5.92 Å². The summed E-state index contributed by atoms with van der Waals surface area (Å²) in [7, 11) is 0. The molecule has 0 aromatic carbocycles. The molecule has 1 saturated heterocycles. The van der Waals surface area contributed by atoms with E-state index in [9.17, 15) is 9.59 Å². The van der Waals surface area contributed by atoms with Gasteiger partial charge in [0.15, 0.2) is 0 Å². The quantitative estimate of drug-likeness (QED) is 0.702. The van der Waals surface area contributed by atoms with Crippen LogP contribution in [-0.4, -0.2) is 43.6 Å². The van der Waals surface area contributed by atoms with Gasteiger partial charge in [0.05, 0.1) is 23.5 Å². The fourth-order valence-corrected chi connectivity index (χ4v) is 6.03. The Balaban J connectivity index is 1.38. The average molecular weight is 412 g/mol. The highest BCUT2D eigenvalue weighted by atomic mass is 32.1. The first-order valence-corrected chi connectivity index (χ1v) is 11.1. The first-order valence-electron chi connectivity index (χ1n) is 10.3. The van der Waals surface area contributed by atoms with Crippen LogP contribution in [0.3, 0.4) is 0 Å². The van der Waals surface area contributed by atoms with Gasteiger partial charge in [0.2, 0.25) is 0 Å². The number of hydrogen-bond donors (Lipinski definition) is 1. The number of carbonyl (C=O) groups excluding carboxylic acids is 1. The largest absolute Gasteiger partial charge is 0.338 e. The zero-order valence-electron chi connectivity index (χ0n) is 16.8. The van der Waals surface area contributed by atoms with Crippen LogP contribution in [-0.2, 0) is 12.8 Å². The van der Waals surface area contributed by atoms with Crippen LogP contribution >= 0.6 is 11.3 Å². The molecule has 4 heterocycles. The monoisotopic (exact) mass is 411 g/mol.